The summed E-state index contributed by atoms with van der Waals surface area (Å²) in [4.78, 5) is 0. The fourth-order valence-electron chi connectivity index (χ4n) is 2.08. The van der Waals surface area contributed by atoms with Crippen LogP contribution in [-0.2, 0) is 9.47 Å². The van der Waals surface area contributed by atoms with Gasteiger partial charge in [0.05, 0.1) is 19.8 Å². The summed E-state index contributed by atoms with van der Waals surface area (Å²) in [6, 6.07) is 0. The maximum Gasteiger partial charge on any atom is 0.0672 e. The molecule has 0 aromatic rings. The van der Waals surface area contributed by atoms with Crippen LogP contribution in [0, 0.1) is 5.92 Å². The summed E-state index contributed by atoms with van der Waals surface area (Å²) in [7, 11) is 0. The molecule has 1 aliphatic rings. The first kappa shape index (κ1) is 14.6. The van der Waals surface area contributed by atoms with Gasteiger partial charge in [-0.25, -0.2) is 0 Å². The van der Waals surface area contributed by atoms with Crippen LogP contribution in [0.3, 0.4) is 0 Å². The Balaban J connectivity index is 2.23. The molecule has 0 aromatic heterocycles. The van der Waals surface area contributed by atoms with Crippen molar-refractivity contribution in [2.24, 2.45) is 11.7 Å². The van der Waals surface area contributed by atoms with Gasteiger partial charge in [0.25, 0.3) is 0 Å². The molecule has 1 aliphatic heterocycles. The van der Waals surface area contributed by atoms with Crippen molar-refractivity contribution in [2.75, 3.05) is 39.5 Å². The number of hydrogen-bond acceptors (Lipinski definition) is 4. The number of rotatable bonds is 8. The molecule has 4 heteroatoms. The molecule has 17 heavy (non-hydrogen) atoms. The predicted octanol–water partition coefficient (Wildman–Crippen LogP) is 0.923. The second-order valence-electron chi connectivity index (χ2n) is 5.12. The molecule has 1 fully saturated rings. The van der Waals surface area contributed by atoms with Crippen molar-refractivity contribution in [2.45, 2.75) is 25.8 Å². The molecular weight excluding hydrogens is 216 g/mol. The highest BCUT2D eigenvalue weighted by Gasteiger charge is 2.34. The van der Waals surface area contributed by atoms with Crippen molar-refractivity contribution >= 4 is 0 Å². The molecule has 3 N–H and O–H groups in total. The van der Waals surface area contributed by atoms with Crippen LogP contribution in [0.2, 0.25) is 0 Å². The van der Waals surface area contributed by atoms with E-state index in [9.17, 15) is 0 Å². The largest absolute Gasteiger partial charge is 0.381 e. The number of nitrogens with two attached hydrogens (primary N) is 1. The topological polar surface area (TPSA) is 56.5 Å². The smallest absolute Gasteiger partial charge is 0.0672 e. The molecule has 2 unspecified atom stereocenters. The van der Waals surface area contributed by atoms with E-state index in [0.717, 1.165) is 31.8 Å². The molecule has 1 rings (SSSR count). The first-order chi connectivity index (χ1) is 8.08. The minimum Gasteiger partial charge on any atom is -0.381 e. The van der Waals surface area contributed by atoms with E-state index in [1.807, 2.05) is 6.92 Å². The highest BCUT2D eigenvalue weighted by molar-refractivity contribution is 4.93. The maximum atomic E-state index is 5.88. The van der Waals surface area contributed by atoms with E-state index in [1.165, 1.54) is 0 Å². The molecule has 4 nitrogen and oxygen atoms in total. The molecule has 0 spiro atoms. The van der Waals surface area contributed by atoms with Crippen LogP contribution in [0.25, 0.3) is 0 Å². The summed E-state index contributed by atoms with van der Waals surface area (Å²) in [6.45, 7) is 12.4. The molecule has 0 aliphatic carbocycles. The van der Waals surface area contributed by atoms with Gasteiger partial charge in [-0.3, -0.25) is 0 Å². The SMILES string of the molecule is C=C(C)COCCNC(C)(CN)C1CCOC1. The zero-order valence-corrected chi connectivity index (χ0v) is 11.1. The van der Waals surface area contributed by atoms with Crippen molar-refractivity contribution in [3.8, 4) is 0 Å². The maximum absolute atomic E-state index is 5.88. The standard InChI is InChI=1S/C13H26N2O2/c1-11(2)8-17-7-5-15-13(3,10-14)12-4-6-16-9-12/h12,15H,1,4-10,14H2,2-3H3. The van der Waals surface area contributed by atoms with Crippen LogP contribution in [0.4, 0.5) is 0 Å². The molecule has 0 amide bonds. The highest BCUT2D eigenvalue weighted by Crippen LogP contribution is 2.24. The van der Waals surface area contributed by atoms with Gasteiger partial charge in [0.1, 0.15) is 0 Å². The number of ether oxygens (including phenoxy) is 2. The summed E-state index contributed by atoms with van der Waals surface area (Å²) >= 11 is 0. The Labute approximate surface area is 105 Å². The van der Waals surface area contributed by atoms with E-state index in [1.54, 1.807) is 0 Å². The molecule has 0 bridgehead atoms. The summed E-state index contributed by atoms with van der Waals surface area (Å²) in [5.41, 5.74) is 6.89. The molecule has 0 radical (unpaired) electrons. The first-order valence-electron chi connectivity index (χ1n) is 6.33. The minimum absolute atomic E-state index is 0.0386. The van der Waals surface area contributed by atoms with Gasteiger partial charge in [-0.1, -0.05) is 12.2 Å². The Morgan fingerprint density at radius 1 is 1.65 bits per heavy atom. The lowest BCUT2D eigenvalue weighted by atomic mass is 9.85. The Morgan fingerprint density at radius 2 is 2.41 bits per heavy atom. The van der Waals surface area contributed by atoms with E-state index < -0.39 is 0 Å². The van der Waals surface area contributed by atoms with E-state index in [-0.39, 0.29) is 5.54 Å². The van der Waals surface area contributed by atoms with Crippen molar-refractivity contribution < 1.29 is 9.47 Å². The molecule has 1 saturated heterocycles. The highest BCUT2D eigenvalue weighted by atomic mass is 16.5. The van der Waals surface area contributed by atoms with Gasteiger partial charge in [0.15, 0.2) is 0 Å². The third-order valence-corrected chi connectivity index (χ3v) is 3.38. The lowest BCUT2D eigenvalue weighted by Crippen LogP contribution is -2.55. The average Bonchev–Trinajstić information content (AvgIpc) is 2.82. The van der Waals surface area contributed by atoms with Gasteiger partial charge >= 0.3 is 0 Å². The fraction of sp³-hybridized carbons (Fsp3) is 0.846. The Hall–Kier alpha value is -0.420. The number of hydrogen-bond donors (Lipinski definition) is 2. The summed E-state index contributed by atoms with van der Waals surface area (Å²) in [5.74, 6) is 0.508. The monoisotopic (exact) mass is 242 g/mol. The average molecular weight is 242 g/mol. The molecular formula is C13H26N2O2. The Kier molecular flexibility index (Phi) is 6.12. The van der Waals surface area contributed by atoms with Crippen molar-refractivity contribution in [3.05, 3.63) is 12.2 Å². The van der Waals surface area contributed by atoms with E-state index in [0.29, 0.717) is 25.7 Å². The van der Waals surface area contributed by atoms with Crippen LogP contribution >= 0.6 is 0 Å². The van der Waals surface area contributed by atoms with Crippen molar-refractivity contribution in [1.29, 1.82) is 0 Å². The van der Waals surface area contributed by atoms with Crippen LogP contribution in [-0.4, -0.2) is 45.1 Å². The summed E-state index contributed by atoms with van der Waals surface area (Å²) in [5, 5.41) is 3.50. The summed E-state index contributed by atoms with van der Waals surface area (Å²) < 4.78 is 10.9. The van der Waals surface area contributed by atoms with Gasteiger partial charge in [-0.05, 0) is 20.3 Å². The van der Waals surface area contributed by atoms with Gasteiger partial charge in [0.2, 0.25) is 0 Å². The predicted molar refractivity (Wildman–Crippen MR) is 70.0 cm³/mol. The molecule has 0 aromatic carbocycles. The van der Waals surface area contributed by atoms with Gasteiger partial charge in [-0.15, -0.1) is 0 Å². The van der Waals surface area contributed by atoms with Gasteiger partial charge < -0.3 is 20.5 Å². The molecule has 100 valence electrons. The van der Waals surface area contributed by atoms with E-state index >= 15 is 0 Å². The van der Waals surface area contributed by atoms with Crippen LogP contribution in [0.5, 0.6) is 0 Å². The van der Waals surface area contributed by atoms with E-state index in [2.05, 4.69) is 18.8 Å². The Bertz CT molecular complexity index is 240. The van der Waals surface area contributed by atoms with Crippen LogP contribution < -0.4 is 11.1 Å². The number of nitrogens with one attached hydrogen (secondary N) is 1. The summed E-state index contributed by atoms with van der Waals surface area (Å²) in [6.07, 6.45) is 1.09. The third kappa shape index (κ3) is 4.76. The minimum atomic E-state index is -0.0386. The fourth-order valence-corrected chi connectivity index (χ4v) is 2.08. The second kappa shape index (κ2) is 7.11. The lowest BCUT2D eigenvalue weighted by Gasteiger charge is -2.34. The molecule has 2 atom stereocenters. The molecule has 0 saturated carbocycles. The lowest BCUT2D eigenvalue weighted by molar-refractivity contribution is 0.128. The Morgan fingerprint density at radius 3 is 2.94 bits per heavy atom. The van der Waals surface area contributed by atoms with Crippen LogP contribution in [0.15, 0.2) is 12.2 Å². The molecule has 1 heterocycles. The van der Waals surface area contributed by atoms with Gasteiger partial charge in [0, 0.05) is 31.2 Å². The second-order valence-corrected chi connectivity index (χ2v) is 5.12. The zero-order valence-electron chi connectivity index (χ0n) is 11.1. The quantitative estimate of drug-likeness (QED) is 0.491. The van der Waals surface area contributed by atoms with Gasteiger partial charge in [-0.2, -0.15) is 0 Å². The van der Waals surface area contributed by atoms with E-state index in [4.69, 9.17) is 15.2 Å². The first-order valence-corrected chi connectivity index (χ1v) is 6.33. The van der Waals surface area contributed by atoms with Crippen molar-refractivity contribution in [3.63, 3.8) is 0 Å². The normalized spacial score (nSPS) is 23.6. The van der Waals surface area contributed by atoms with Crippen molar-refractivity contribution in [1.82, 2.24) is 5.32 Å². The third-order valence-electron chi connectivity index (χ3n) is 3.38. The zero-order chi connectivity index (χ0) is 12.7. The van der Waals surface area contributed by atoms with Crippen LogP contribution in [0.1, 0.15) is 20.3 Å².